The molecule has 1 aliphatic heterocycles. The second kappa shape index (κ2) is 7.72. The molecule has 1 atom stereocenters. The smallest absolute Gasteiger partial charge is 0.496 e. The van der Waals surface area contributed by atoms with Crippen LogP contribution >= 0.6 is 0 Å². The lowest BCUT2D eigenvalue weighted by molar-refractivity contribution is -0.146. The van der Waals surface area contributed by atoms with Crippen LogP contribution in [0.5, 0.6) is 0 Å². The van der Waals surface area contributed by atoms with Crippen LogP contribution in [0, 0.1) is 0 Å². The molecule has 0 bridgehead atoms. The highest BCUT2D eigenvalue weighted by Gasteiger charge is 2.53. The fourth-order valence-electron chi connectivity index (χ4n) is 2.57. The fraction of sp³-hybridized carbons (Fsp3) is 0.312. The van der Waals surface area contributed by atoms with Gasteiger partial charge in [-0.25, -0.2) is 4.79 Å². The van der Waals surface area contributed by atoms with E-state index < -0.39 is 24.5 Å². The summed E-state index contributed by atoms with van der Waals surface area (Å²) in [5.41, 5.74) is -0.876. The minimum Gasteiger partial charge on any atom is -0.496 e. The number of hydrogen-bond donors (Lipinski definition) is 0. The number of carbonyl (C=O) groups is 2. The highest BCUT2D eigenvalue weighted by atomic mass is 16.6. The van der Waals surface area contributed by atoms with Crippen molar-refractivity contribution in [2.75, 3.05) is 20.1 Å². The summed E-state index contributed by atoms with van der Waals surface area (Å²) in [5.74, 6) is -1.17. The van der Waals surface area contributed by atoms with Crippen LogP contribution in [0.15, 0.2) is 48.0 Å². The monoisotopic (exact) mass is 328 g/mol. The van der Waals surface area contributed by atoms with Crippen LogP contribution in [-0.4, -0.2) is 50.2 Å². The predicted octanol–water partition coefficient (Wildman–Crippen LogP) is 0.853. The molecule has 7 nitrogen and oxygen atoms in total. The molecular weight excluding hydrogens is 311 g/mol. The summed E-state index contributed by atoms with van der Waals surface area (Å²) >= 11 is 0. The van der Waals surface area contributed by atoms with Gasteiger partial charge in [0.1, 0.15) is 0 Å². The molecule has 1 saturated heterocycles. The van der Waals surface area contributed by atoms with Crippen molar-refractivity contribution in [3.63, 3.8) is 0 Å². The number of carbonyl (C=O) groups excluding carboxylic acids is 3. The van der Waals surface area contributed by atoms with Crippen molar-refractivity contribution in [3.8, 4) is 0 Å². The Labute approximate surface area is 140 Å². The maximum absolute atomic E-state index is 12.0. The number of hydrogen-bond acceptors (Lipinski definition) is 7. The Morgan fingerprint density at radius 2 is 1.88 bits per heavy atom. The normalized spacial score (nSPS) is 18.3. The zero-order valence-corrected chi connectivity index (χ0v) is 13.3. The third kappa shape index (κ3) is 3.79. The Hall–Kier alpha value is -2.70. The first-order chi connectivity index (χ1) is 11.5. The molecule has 1 aliphatic rings. The molecule has 124 valence electrons. The van der Waals surface area contributed by atoms with Gasteiger partial charge in [-0.3, -0.25) is 14.5 Å². The SMILES string of the molecule is C=CCC(N=C=O)(B1OC(=O)CN(C)CC(=O)O1)c1ccccc1. The van der Waals surface area contributed by atoms with Gasteiger partial charge in [0.2, 0.25) is 6.08 Å². The summed E-state index contributed by atoms with van der Waals surface area (Å²) in [4.78, 5) is 40.5. The van der Waals surface area contributed by atoms with Crippen LogP contribution in [-0.2, 0) is 29.1 Å². The van der Waals surface area contributed by atoms with Gasteiger partial charge in [0, 0.05) is 0 Å². The molecule has 1 fully saturated rings. The van der Waals surface area contributed by atoms with E-state index in [0.29, 0.717) is 5.56 Å². The lowest BCUT2D eigenvalue weighted by Crippen LogP contribution is -2.52. The molecule has 1 unspecified atom stereocenters. The molecule has 8 heteroatoms. The van der Waals surface area contributed by atoms with Crippen LogP contribution in [0.3, 0.4) is 0 Å². The molecule has 1 heterocycles. The van der Waals surface area contributed by atoms with E-state index in [2.05, 4.69) is 11.6 Å². The third-order valence-corrected chi connectivity index (χ3v) is 3.64. The molecule has 0 spiro atoms. The van der Waals surface area contributed by atoms with Crippen molar-refractivity contribution < 1.29 is 23.7 Å². The number of likely N-dealkylation sites (N-methyl/N-ethyl adjacent to an activating group) is 1. The van der Waals surface area contributed by atoms with Gasteiger partial charge < -0.3 is 9.31 Å². The van der Waals surface area contributed by atoms with E-state index in [-0.39, 0.29) is 19.5 Å². The number of benzene rings is 1. The largest absolute Gasteiger partial charge is 0.634 e. The Morgan fingerprint density at radius 3 is 2.38 bits per heavy atom. The Balaban J connectivity index is 2.52. The summed E-state index contributed by atoms with van der Waals surface area (Å²) in [6.07, 6.45) is 3.13. The van der Waals surface area contributed by atoms with Gasteiger partial charge in [0.05, 0.1) is 13.1 Å². The maximum Gasteiger partial charge on any atom is 0.634 e. The zero-order valence-electron chi connectivity index (χ0n) is 13.3. The van der Waals surface area contributed by atoms with Gasteiger partial charge in [-0.1, -0.05) is 36.4 Å². The molecule has 0 aliphatic carbocycles. The lowest BCUT2D eigenvalue weighted by atomic mass is 9.58. The first kappa shape index (κ1) is 17.7. The van der Waals surface area contributed by atoms with Crippen LogP contribution in [0.2, 0.25) is 0 Å². The minimum atomic E-state index is -1.42. The van der Waals surface area contributed by atoms with Gasteiger partial charge in [-0.05, 0) is 19.0 Å². The standard InChI is InChI=1S/C16H17BN2O5/c1-3-9-16(18-12-20,13-7-5-4-6-8-13)17-23-14(21)10-19(2)11-15(22)24-17/h3-8H,1,9-11H2,2H3. The van der Waals surface area contributed by atoms with Gasteiger partial charge in [-0.15, -0.1) is 6.58 Å². The number of nitrogens with zero attached hydrogens (tertiary/aromatic N) is 2. The third-order valence-electron chi connectivity index (χ3n) is 3.64. The molecule has 0 radical (unpaired) electrons. The van der Waals surface area contributed by atoms with Gasteiger partial charge in [0.15, 0.2) is 5.44 Å². The van der Waals surface area contributed by atoms with Crippen LogP contribution in [0.1, 0.15) is 12.0 Å². The number of rotatable bonds is 5. The van der Waals surface area contributed by atoms with E-state index in [1.54, 1.807) is 37.4 Å². The summed E-state index contributed by atoms with van der Waals surface area (Å²) in [5, 5.41) is 0. The summed E-state index contributed by atoms with van der Waals surface area (Å²) in [6, 6.07) is 8.69. The number of aliphatic imine (C=N–C) groups is 1. The Morgan fingerprint density at radius 1 is 1.29 bits per heavy atom. The molecule has 2 rings (SSSR count). The van der Waals surface area contributed by atoms with Crippen molar-refractivity contribution in [3.05, 3.63) is 48.6 Å². The summed E-state index contributed by atoms with van der Waals surface area (Å²) in [6.45, 7) is 3.51. The predicted molar refractivity (Wildman–Crippen MR) is 86.5 cm³/mol. The van der Waals surface area contributed by atoms with Gasteiger partial charge >= 0.3 is 19.1 Å². The van der Waals surface area contributed by atoms with E-state index >= 15 is 0 Å². The van der Waals surface area contributed by atoms with Gasteiger partial charge in [0.25, 0.3) is 0 Å². The first-order valence-corrected chi connectivity index (χ1v) is 7.35. The highest BCUT2D eigenvalue weighted by molar-refractivity contribution is 6.53. The van der Waals surface area contributed by atoms with Crippen molar-refractivity contribution >= 4 is 25.1 Å². The van der Waals surface area contributed by atoms with Crippen molar-refractivity contribution in [2.24, 2.45) is 4.99 Å². The van der Waals surface area contributed by atoms with Crippen LogP contribution in [0.4, 0.5) is 0 Å². The van der Waals surface area contributed by atoms with Crippen molar-refractivity contribution in [1.82, 2.24) is 4.90 Å². The molecule has 0 saturated carbocycles. The summed E-state index contributed by atoms with van der Waals surface area (Å²) < 4.78 is 10.6. The molecular formula is C16H17BN2O5. The second-order valence-electron chi connectivity index (χ2n) is 5.47. The fourth-order valence-corrected chi connectivity index (χ4v) is 2.57. The van der Waals surface area contributed by atoms with E-state index in [0.717, 1.165) is 0 Å². The van der Waals surface area contributed by atoms with E-state index in [1.165, 1.54) is 17.1 Å². The zero-order chi connectivity index (χ0) is 17.6. The molecule has 24 heavy (non-hydrogen) atoms. The molecule has 0 N–H and O–H groups in total. The number of isocyanates is 1. The first-order valence-electron chi connectivity index (χ1n) is 7.35. The minimum absolute atomic E-state index is 0.0740. The van der Waals surface area contributed by atoms with Crippen LogP contribution in [0.25, 0.3) is 0 Å². The molecule has 1 aromatic rings. The second-order valence-corrected chi connectivity index (χ2v) is 5.47. The topological polar surface area (TPSA) is 85.3 Å². The highest BCUT2D eigenvalue weighted by Crippen LogP contribution is 2.34. The maximum atomic E-state index is 12.0. The van der Waals surface area contributed by atoms with E-state index in [4.69, 9.17) is 9.31 Å². The quantitative estimate of drug-likeness (QED) is 0.345. The van der Waals surface area contributed by atoms with Crippen molar-refractivity contribution in [1.29, 1.82) is 0 Å². The average molecular weight is 328 g/mol. The lowest BCUT2D eigenvalue weighted by Gasteiger charge is -2.32. The summed E-state index contributed by atoms with van der Waals surface area (Å²) in [7, 11) is 0.216. The van der Waals surface area contributed by atoms with E-state index in [9.17, 15) is 14.4 Å². The Bertz CT molecular complexity index is 654. The molecule has 0 aromatic heterocycles. The van der Waals surface area contributed by atoms with Crippen LogP contribution < -0.4 is 0 Å². The van der Waals surface area contributed by atoms with Gasteiger partial charge in [-0.2, -0.15) is 4.99 Å². The Kier molecular flexibility index (Phi) is 5.68. The molecule has 1 aromatic carbocycles. The van der Waals surface area contributed by atoms with E-state index in [1.807, 2.05) is 0 Å². The average Bonchev–Trinajstić information content (AvgIpc) is 2.53. The molecule has 0 amide bonds. The van der Waals surface area contributed by atoms with Crippen molar-refractivity contribution in [2.45, 2.75) is 11.9 Å².